The molecule has 2 aromatic rings. The average molecular weight is 320 g/mol. The molecule has 1 aliphatic heterocycles. The van der Waals surface area contributed by atoms with E-state index in [-0.39, 0.29) is 23.5 Å². The van der Waals surface area contributed by atoms with E-state index in [1.54, 1.807) is 23.1 Å². The molecule has 0 saturated carbocycles. The molecule has 2 atom stereocenters. The van der Waals surface area contributed by atoms with Crippen molar-refractivity contribution in [1.29, 1.82) is 0 Å². The van der Waals surface area contributed by atoms with Crippen molar-refractivity contribution >= 4 is 5.69 Å². The van der Waals surface area contributed by atoms with Crippen molar-refractivity contribution in [2.24, 2.45) is 11.7 Å². The highest BCUT2D eigenvalue weighted by Gasteiger charge is 2.27. The van der Waals surface area contributed by atoms with Gasteiger partial charge in [-0.3, -0.25) is 0 Å². The monoisotopic (exact) mass is 320 g/mol. The van der Waals surface area contributed by atoms with E-state index in [4.69, 9.17) is 5.73 Å². The average Bonchev–Trinajstić information content (AvgIpc) is 2.52. The van der Waals surface area contributed by atoms with Gasteiger partial charge in [0, 0.05) is 19.1 Å². The SMILES string of the molecule is NC1CC(Cc2ccc(F)cc2)CN(c2cccc(F)c2F)C1. The summed E-state index contributed by atoms with van der Waals surface area (Å²) < 4.78 is 40.4. The van der Waals surface area contributed by atoms with Crippen molar-refractivity contribution in [1.82, 2.24) is 0 Å². The van der Waals surface area contributed by atoms with Gasteiger partial charge in [0.15, 0.2) is 11.6 Å². The summed E-state index contributed by atoms with van der Waals surface area (Å²) in [5.74, 6) is -1.73. The van der Waals surface area contributed by atoms with Crippen molar-refractivity contribution in [3.63, 3.8) is 0 Å². The summed E-state index contributed by atoms with van der Waals surface area (Å²) in [6.07, 6.45) is 1.55. The number of benzene rings is 2. The third-order valence-electron chi connectivity index (χ3n) is 4.28. The second-order valence-corrected chi connectivity index (χ2v) is 6.17. The molecule has 2 N–H and O–H groups in total. The van der Waals surface area contributed by atoms with Crippen molar-refractivity contribution in [3.05, 3.63) is 65.5 Å². The predicted molar refractivity (Wildman–Crippen MR) is 84.8 cm³/mol. The molecule has 1 aliphatic rings. The molecule has 0 radical (unpaired) electrons. The van der Waals surface area contributed by atoms with Crippen LogP contribution in [0, 0.1) is 23.4 Å². The Morgan fingerprint density at radius 3 is 2.48 bits per heavy atom. The Morgan fingerprint density at radius 1 is 1.00 bits per heavy atom. The van der Waals surface area contributed by atoms with Crippen molar-refractivity contribution in [2.45, 2.75) is 18.9 Å². The lowest BCUT2D eigenvalue weighted by molar-refractivity contribution is 0.370. The molecule has 2 nitrogen and oxygen atoms in total. The van der Waals surface area contributed by atoms with Gasteiger partial charge in [0.05, 0.1) is 5.69 Å². The topological polar surface area (TPSA) is 29.3 Å². The van der Waals surface area contributed by atoms with Crippen molar-refractivity contribution in [3.8, 4) is 0 Å². The van der Waals surface area contributed by atoms with Crippen LogP contribution in [0.5, 0.6) is 0 Å². The van der Waals surface area contributed by atoms with Crippen molar-refractivity contribution < 1.29 is 13.2 Å². The zero-order valence-electron chi connectivity index (χ0n) is 12.7. The lowest BCUT2D eigenvalue weighted by Gasteiger charge is -2.38. The molecule has 1 heterocycles. The number of nitrogens with two attached hydrogens (primary N) is 1. The number of halogens is 3. The van der Waals surface area contributed by atoms with E-state index in [9.17, 15) is 13.2 Å². The van der Waals surface area contributed by atoms with Crippen LogP contribution in [0.3, 0.4) is 0 Å². The molecule has 3 rings (SSSR count). The van der Waals surface area contributed by atoms with Crippen LogP contribution in [-0.2, 0) is 6.42 Å². The molecule has 0 spiro atoms. The standard InChI is InChI=1S/C18H19F3N2/c19-14-6-4-12(5-7-14)8-13-9-15(22)11-23(10-13)17-3-1-2-16(20)18(17)21/h1-7,13,15H,8-11,22H2. The van der Waals surface area contributed by atoms with Crippen LogP contribution in [-0.4, -0.2) is 19.1 Å². The van der Waals surface area contributed by atoms with Crippen LogP contribution in [0.25, 0.3) is 0 Å². The molecular formula is C18H19F3N2. The first kappa shape index (κ1) is 15.9. The van der Waals surface area contributed by atoms with Gasteiger partial charge < -0.3 is 10.6 Å². The van der Waals surface area contributed by atoms with Gasteiger partial charge >= 0.3 is 0 Å². The summed E-state index contributed by atoms with van der Waals surface area (Å²) in [6, 6.07) is 10.5. The minimum Gasteiger partial charge on any atom is -0.367 e. The van der Waals surface area contributed by atoms with Gasteiger partial charge in [-0.2, -0.15) is 0 Å². The van der Waals surface area contributed by atoms with Gasteiger partial charge in [-0.25, -0.2) is 13.2 Å². The molecule has 0 aliphatic carbocycles. The molecule has 2 unspecified atom stereocenters. The fourth-order valence-electron chi connectivity index (χ4n) is 3.28. The lowest BCUT2D eigenvalue weighted by atomic mass is 9.88. The predicted octanol–water partition coefficient (Wildman–Crippen LogP) is 3.50. The van der Waals surface area contributed by atoms with E-state index >= 15 is 0 Å². The maximum Gasteiger partial charge on any atom is 0.182 e. The summed E-state index contributed by atoms with van der Waals surface area (Å²) in [5, 5.41) is 0. The number of anilines is 1. The highest BCUT2D eigenvalue weighted by atomic mass is 19.2. The van der Waals surface area contributed by atoms with Crippen LogP contribution in [0.15, 0.2) is 42.5 Å². The molecule has 0 amide bonds. The third-order valence-corrected chi connectivity index (χ3v) is 4.28. The normalized spacial score (nSPS) is 21.5. The Hall–Kier alpha value is -2.01. The van der Waals surface area contributed by atoms with E-state index in [2.05, 4.69) is 0 Å². The van der Waals surface area contributed by atoms with Gasteiger partial charge in [-0.15, -0.1) is 0 Å². The Balaban J connectivity index is 1.76. The van der Waals surface area contributed by atoms with Crippen LogP contribution >= 0.6 is 0 Å². The van der Waals surface area contributed by atoms with Gasteiger partial charge in [-0.05, 0) is 48.6 Å². The second kappa shape index (κ2) is 6.62. The number of hydrogen-bond donors (Lipinski definition) is 1. The lowest BCUT2D eigenvalue weighted by Crippen LogP contribution is -2.48. The first-order valence-electron chi connectivity index (χ1n) is 7.72. The molecular weight excluding hydrogens is 301 g/mol. The smallest absolute Gasteiger partial charge is 0.182 e. The minimum atomic E-state index is -0.850. The Bertz CT molecular complexity index is 672. The second-order valence-electron chi connectivity index (χ2n) is 6.17. The molecule has 0 aromatic heterocycles. The molecule has 122 valence electrons. The number of hydrogen-bond acceptors (Lipinski definition) is 2. The zero-order valence-corrected chi connectivity index (χ0v) is 12.7. The van der Waals surface area contributed by atoms with Crippen LogP contribution in [0.1, 0.15) is 12.0 Å². The maximum atomic E-state index is 14.0. The fourth-order valence-corrected chi connectivity index (χ4v) is 3.28. The van der Waals surface area contributed by atoms with E-state index in [1.807, 2.05) is 0 Å². The molecule has 1 fully saturated rings. The van der Waals surface area contributed by atoms with Crippen molar-refractivity contribution in [2.75, 3.05) is 18.0 Å². The van der Waals surface area contributed by atoms with E-state index in [1.165, 1.54) is 18.2 Å². The Labute approximate surface area is 133 Å². The van der Waals surface area contributed by atoms with E-state index in [0.29, 0.717) is 13.1 Å². The third kappa shape index (κ3) is 3.67. The quantitative estimate of drug-likeness (QED) is 0.938. The van der Waals surface area contributed by atoms with Crippen LogP contribution in [0.4, 0.5) is 18.9 Å². The number of nitrogens with zero attached hydrogens (tertiary/aromatic N) is 1. The van der Waals surface area contributed by atoms with Gasteiger partial charge in [-0.1, -0.05) is 18.2 Å². The number of rotatable bonds is 3. The van der Waals surface area contributed by atoms with E-state index in [0.717, 1.165) is 24.5 Å². The van der Waals surface area contributed by atoms with Gasteiger partial charge in [0.1, 0.15) is 5.82 Å². The first-order valence-corrected chi connectivity index (χ1v) is 7.72. The molecule has 0 bridgehead atoms. The van der Waals surface area contributed by atoms with E-state index < -0.39 is 11.6 Å². The van der Waals surface area contributed by atoms with Crippen LogP contribution < -0.4 is 10.6 Å². The summed E-state index contributed by atoms with van der Waals surface area (Å²) in [4.78, 5) is 1.81. The fraction of sp³-hybridized carbons (Fsp3) is 0.333. The number of piperidine rings is 1. The largest absolute Gasteiger partial charge is 0.367 e. The summed E-state index contributed by atoms with van der Waals surface area (Å²) in [5.41, 5.74) is 7.37. The molecule has 1 saturated heterocycles. The highest BCUT2D eigenvalue weighted by molar-refractivity contribution is 5.49. The van der Waals surface area contributed by atoms with Crippen LogP contribution in [0.2, 0.25) is 0 Å². The Morgan fingerprint density at radius 2 is 1.74 bits per heavy atom. The summed E-state index contributed by atoms with van der Waals surface area (Å²) in [6.45, 7) is 1.10. The molecule has 2 aromatic carbocycles. The Kier molecular flexibility index (Phi) is 4.57. The van der Waals surface area contributed by atoms with Gasteiger partial charge in [0.25, 0.3) is 0 Å². The highest BCUT2D eigenvalue weighted by Crippen LogP contribution is 2.28. The molecule has 5 heteroatoms. The first-order chi connectivity index (χ1) is 11.0. The summed E-state index contributed by atoms with van der Waals surface area (Å²) >= 11 is 0. The minimum absolute atomic E-state index is 0.100. The zero-order chi connectivity index (χ0) is 16.4. The summed E-state index contributed by atoms with van der Waals surface area (Å²) in [7, 11) is 0. The molecule has 23 heavy (non-hydrogen) atoms. The maximum absolute atomic E-state index is 14.0. The van der Waals surface area contributed by atoms with Gasteiger partial charge in [0.2, 0.25) is 0 Å².